The zero-order chi connectivity index (χ0) is 15.7. The van der Waals surface area contributed by atoms with Crippen molar-refractivity contribution in [2.24, 2.45) is 0 Å². The van der Waals surface area contributed by atoms with Crippen LogP contribution in [-0.2, 0) is 0 Å². The molecule has 0 aliphatic carbocycles. The van der Waals surface area contributed by atoms with Gasteiger partial charge in [0.2, 0.25) is 0 Å². The van der Waals surface area contributed by atoms with E-state index in [9.17, 15) is 4.79 Å². The van der Waals surface area contributed by atoms with Gasteiger partial charge in [0, 0.05) is 25.0 Å². The van der Waals surface area contributed by atoms with Crippen LogP contribution in [0.2, 0.25) is 0 Å². The highest BCUT2D eigenvalue weighted by molar-refractivity contribution is 6.09. The molecule has 0 spiro atoms. The zero-order valence-corrected chi connectivity index (χ0v) is 13.0. The molecule has 0 radical (unpaired) electrons. The molecule has 110 valence electrons. The van der Waals surface area contributed by atoms with E-state index in [1.807, 2.05) is 61.5 Å². The lowest BCUT2D eigenvalue weighted by molar-refractivity contribution is 0.0827. The molecule has 0 N–H and O–H groups in total. The summed E-state index contributed by atoms with van der Waals surface area (Å²) in [7, 11) is 3.54. The van der Waals surface area contributed by atoms with E-state index in [0.29, 0.717) is 5.56 Å². The maximum absolute atomic E-state index is 12.7. The summed E-state index contributed by atoms with van der Waals surface area (Å²) in [6.07, 6.45) is 0. The average molecular weight is 290 g/mol. The SMILES string of the molecule is Cc1nc2ccccc2c(-c2ccccc2)c1C(=O)N(C)C. The van der Waals surface area contributed by atoms with Crippen molar-refractivity contribution < 1.29 is 4.79 Å². The van der Waals surface area contributed by atoms with Gasteiger partial charge in [-0.05, 0) is 18.6 Å². The lowest BCUT2D eigenvalue weighted by atomic mass is 9.93. The smallest absolute Gasteiger partial charge is 0.255 e. The van der Waals surface area contributed by atoms with Crippen molar-refractivity contribution in [1.29, 1.82) is 0 Å². The van der Waals surface area contributed by atoms with Crippen molar-refractivity contribution in [3.8, 4) is 11.1 Å². The number of fused-ring (bicyclic) bond motifs is 1. The third-order valence-electron chi connectivity index (χ3n) is 3.76. The minimum Gasteiger partial charge on any atom is -0.345 e. The largest absolute Gasteiger partial charge is 0.345 e. The third kappa shape index (κ3) is 2.35. The first-order valence-corrected chi connectivity index (χ1v) is 7.26. The number of aryl methyl sites for hydroxylation is 1. The monoisotopic (exact) mass is 290 g/mol. The first-order valence-electron chi connectivity index (χ1n) is 7.26. The molecular formula is C19H18N2O. The van der Waals surface area contributed by atoms with Gasteiger partial charge in [-0.2, -0.15) is 0 Å². The molecule has 0 saturated heterocycles. The number of carbonyl (C=O) groups excluding carboxylic acids is 1. The Hall–Kier alpha value is -2.68. The number of para-hydroxylation sites is 1. The first kappa shape index (κ1) is 14.3. The molecular weight excluding hydrogens is 272 g/mol. The normalized spacial score (nSPS) is 10.7. The van der Waals surface area contributed by atoms with E-state index in [4.69, 9.17) is 0 Å². The van der Waals surface area contributed by atoms with Gasteiger partial charge in [-0.1, -0.05) is 48.5 Å². The highest BCUT2D eigenvalue weighted by Crippen LogP contribution is 2.33. The summed E-state index contributed by atoms with van der Waals surface area (Å²) in [6.45, 7) is 1.90. The second kappa shape index (κ2) is 5.60. The molecule has 0 atom stereocenters. The number of aromatic nitrogens is 1. The zero-order valence-electron chi connectivity index (χ0n) is 13.0. The van der Waals surface area contributed by atoms with Gasteiger partial charge in [0.15, 0.2) is 0 Å². The highest BCUT2D eigenvalue weighted by Gasteiger charge is 2.21. The number of pyridine rings is 1. The maximum Gasteiger partial charge on any atom is 0.255 e. The Morgan fingerprint density at radius 3 is 2.27 bits per heavy atom. The maximum atomic E-state index is 12.7. The Bertz CT molecular complexity index is 839. The van der Waals surface area contributed by atoms with Gasteiger partial charge in [-0.25, -0.2) is 0 Å². The molecule has 2 aromatic carbocycles. The van der Waals surface area contributed by atoms with E-state index in [1.54, 1.807) is 19.0 Å². The van der Waals surface area contributed by atoms with Crippen molar-refractivity contribution >= 4 is 16.8 Å². The number of hydrogen-bond donors (Lipinski definition) is 0. The van der Waals surface area contributed by atoms with Crippen LogP contribution in [0.3, 0.4) is 0 Å². The Balaban J connectivity index is 2.43. The summed E-state index contributed by atoms with van der Waals surface area (Å²) in [6, 6.07) is 18.0. The van der Waals surface area contributed by atoms with Crippen LogP contribution in [-0.4, -0.2) is 29.9 Å². The summed E-state index contributed by atoms with van der Waals surface area (Å²) >= 11 is 0. The van der Waals surface area contributed by atoms with Crippen molar-refractivity contribution in [1.82, 2.24) is 9.88 Å². The van der Waals surface area contributed by atoms with E-state index in [-0.39, 0.29) is 5.91 Å². The Kier molecular flexibility index (Phi) is 3.63. The molecule has 0 unspecified atom stereocenters. The molecule has 1 heterocycles. The molecule has 1 amide bonds. The van der Waals surface area contributed by atoms with Gasteiger partial charge in [0.05, 0.1) is 16.8 Å². The molecule has 0 fully saturated rings. The molecule has 0 aliphatic heterocycles. The molecule has 3 aromatic rings. The van der Waals surface area contributed by atoms with Crippen LogP contribution in [0, 0.1) is 6.92 Å². The highest BCUT2D eigenvalue weighted by atomic mass is 16.2. The van der Waals surface area contributed by atoms with Gasteiger partial charge in [0.1, 0.15) is 0 Å². The van der Waals surface area contributed by atoms with Crippen molar-refractivity contribution in [3.05, 3.63) is 65.9 Å². The van der Waals surface area contributed by atoms with Gasteiger partial charge >= 0.3 is 0 Å². The van der Waals surface area contributed by atoms with Crippen molar-refractivity contribution in [3.63, 3.8) is 0 Å². The minimum atomic E-state index is -0.0189. The summed E-state index contributed by atoms with van der Waals surface area (Å²) in [5.74, 6) is -0.0189. The lowest BCUT2D eigenvalue weighted by Crippen LogP contribution is -2.24. The topological polar surface area (TPSA) is 33.2 Å². The quantitative estimate of drug-likeness (QED) is 0.717. The van der Waals surface area contributed by atoms with E-state index in [2.05, 4.69) is 4.98 Å². The molecule has 0 saturated carbocycles. The predicted molar refractivity (Wildman–Crippen MR) is 89.9 cm³/mol. The van der Waals surface area contributed by atoms with E-state index >= 15 is 0 Å². The van der Waals surface area contributed by atoms with Crippen LogP contribution < -0.4 is 0 Å². The molecule has 0 bridgehead atoms. The fraction of sp³-hybridized carbons (Fsp3) is 0.158. The van der Waals surface area contributed by atoms with Crippen LogP contribution in [0.5, 0.6) is 0 Å². The Morgan fingerprint density at radius 1 is 0.955 bits per heavy atom. The minimum absolute atomic E-state index is 0.0189. The number of amides is 1. The summed E-state index contributed by atoms with van der Waals surface area (Å²) in [5.41, 5.74) is 4.34. The summed E-state index contributed by atoms with van der Waals surface area (Å²) < 4.78 is 0. The van der Waals surface area contributed by atoms with Gasteiger partial charge in [-0.3, -0.25) is 9.78 Å². The molecule has 3 rings (SSSR count). The number of hydrogen-bond acceptors (Lipinski definition) is 2. The number of nitrogens with zero attached hydrogens (tertiary/aromatic N) is 2. The van der Waals surface area contributed by atoms with Crippen LogP contribution in [0.4, 0.5) is 0 Å². The van der Waals surface area contributed by atoms with E-state index < -0.39 is 0 Å². The number of benzene rings is 2. The fourth-order valence-electron chi connectivity index (χ4n) is 2.72. The summed E-state index contributed by atoms with van der Waals surface area (Å²) in [4.78, 5) is 18.9. The third-order valence-corrected chi connectivity index (χ3v) is 3.76. The van der Waals surface area contributed by atoms with Gasteiger partial charge in [-0.15, -0.1) is 0 Å². The Morgan fingerprint density at radius 2 is 1.59 bits per heavy atom. The van der Waals surface area contributed by atoms with Crippen LogP contribution >= 0.6 is 0 Å². The molecule has 0 aliphatic rings. The fourth-order valence-corrected chi connectivity index (χ4v) is 2.72. The second-order valence-electron chi connectivity index (χ2n) is 5.53. The number of carbonyl (C=O) groups is 1. The average Bonchev–Trinajstić information content (AvgIpc) is 2.53. The second-order valence-corrected chi connectivity index (χ2v) is 5.53. The van der Waals surface area contributed by atoms with Crippen LogP contribution in [0.15, 0.2) is 54.6 Å². The standard InChI is InChI=1S/C19H18N2O/c1-13-17(19(22)21(2)3)18(14-9-5-4-6-10-14)15-11-7-8-12-16(15)20-13/h4-12H,1-3H3. The van der Waals surface area contributed by atoms with Crippen molar-refractivity contribution in [2.75, 3.05) is 14.1 Å². The summed E-state index contributed by atoms with van der Waals surface area (Å²) in [5, 5.41) is 1.00. The molecule has 1 aromatic heterocycles. The first-order chi connectivity index (χ1) is 10.6. The molecule has 3 nitrogen and oxygen atoms in total. The van der Waals surface area contributed by atoms with Crippen molar-refractivity contribution in [2.45, 2.75) is 6.92 Å². The lowest BCUT2D eigenvalue weighted by Gasteiger charge is -2.18. The predicted octanol–water partition coefficient (Wildman–Crippen LogP) is 3.91. The molecule has 3 heteroatoms. The Labute approximate surface area is 130 Å². The van der Waals surface area contributed by atoms with Gasteiger partial charge in [0.25, 0.3) is 5.91 Å². The van der Waals surface area contributed by atoms with Crippen LogP contribution in [0.1, 0.15) is 16.1 Å². The number of rotatable bonds is 2. The van der Waals surface area contributed by atoms with E-state index in [0.717, 1.165) is 27.7 Å². The van der Waals surface area contributed by atoms with Crippen LogP contribution in [0.25, 0.3) is 22.0 Å². The van der Waals surface area contributed by atoms with E-state index in [1.165, 1.54) is 0 Å². The van der Waals surface area contributed by atoms with Gasteiger partial charge < -0.3 is 4.90 Å². The molecule has 22 heavy (non-hydrogen) atoms.